The zero-order chi connectivity index (χ0) is 21.0. The van der Waals surface area contributed by atoms with E-state index < -0.39 is 17.8 Å². The van der Waals surface area contributed by atoms with Crippen molar-refractivity contribution >= 4 is 41.2 Å². The molecule has 0 saturated carbocycles. The average Bonchev–Trinajstić information content (AvgIpc) is 2.71. The van der Waals surface area contributed by atoms with Gasteiger partial charge in [0, 0.05) is 11.6 Å². The van der Waals surface area contributed by atoms with E-state index in [-0.39, 0.29) is 22.9 Å². The highest BCUT2D eigenvalue weighted by Gasteiger charge is 2.37. The van der Waals surface area contributed by atoms with Crippen LogP contribution >= 0.6 is 11.6 Å². The van der Waals surface area contributed by atoms with Gasteiger partial charge in [-0.1, -0.05) is 36.4 Å². The molecule has 1 N–H and O–H groups in total. The van der Waals surface area contributed by atoms with Crippen LogP contribution in [0.5, 0.6) is 11.5 Å². The van der Waals surface area contributed by atoms with Crippen LogP contribution in [0.3, 0.4) is 0 Å². The normalized spacial score (nSPS) is 15.3. The van der Waals surface area contributed by atoms with Gasteiger partial charge < -0.3 is 9.47 Å². The lowest BCUT2D eigenvalue weighted by atomic mass is 10.1. The Balaban J connectivity index is 2.05. The quantitative estimate of drug-likeness (QED) is 0.445. The number of halogens is 1. The van der Waals surface area contributed by atoms with Crippen LogP contribution in [0.25, 0.3) is 6.08 Å². The van der Waals surface area contributed by atoms with E-state index in [1.807, 2.05) is 0 Å². The lowest BCUT2D eigenvalue weighted by Crippen LogP contribution is -2.54. The molecular weight excluding hydrogens is 396 g/mol. The molecule has 0 bridgehead atoms. The second kappa shape index (κ2) is 8.62. The molecule has 7 nitrogen and oxygen atoms in total. The number of hydrogen-bond donors (Lipinski definition) is 1. The van der Waals surface area contributed by atoms with Crippen molar-refractivity contribution in [2.45, 2.75) is 0 Å². The first-order valence-corrected chi connectivity index (χ1v) is 8.91. The maximum absolute atomic E-state index is 13.0. The number of anilines is 1. The van der Waals surface area contributed by atoms with Gasteiger partial charge in [-0.3, -0.25) is 14.9 Å². The molecule has 0 unspecified atom stereocenters. The van der Waals surface area contributed by atoms with Crippen molar-refractivity contribution in [1.29, 1.82) is 0 Å². The summed E-state index contributed by atoms with van der Waals surface area (Å²) in [5, 5.41) is 2.36. The Kier molecular flexibility index (Phi) is 5.99. The van der Waals surface area contributed by atoms with Gasteiger partial charge in [-0.2, -0.15) is 0 Å². The van der Waals surface area contributed by atoms with Gasteiger partial charge in [0.2, 0.25) is 0 Å². The fourth-order valence-electron chi connectivity index (χ4n) is 2.70. The Morgan fingerprint density at radius 2 is 1.93 bits per heavy atom. The molecule has 1 heterocycles. The lowest BCUT2D eigenvalue weighted by molar-refractivity contribution is -0.122. The number of barbiturate groups is 1. The molecule has 0 spiro atoms. The zero-order valence-corrected chi connectivity index (χ0v) is 16.2. The molecule has 8 heteroatoms. The van der Waals surface area contributed by atoms with Crippen LogP contribution in [-0.4, -0.2) is 31.6 Å². The standard InChI is InChI=1S/C21H17ClN2O5/c1-3-10-29-18-12-14(28-2)9-8-13(18)11-15-19(25)23-21(27)24(20(15)26)17-7-5-4-6-16(17)22/h3-9,11-12H,1,10H2,2H3,(H,23,25,27)/b15-11+. The van der Waals surface area contributed by atoms with Crippen LogP contribution in [0.1, 0.15) is 5.56 Å². The van der Waals surface area contributed by atoms with Crippen molar-refractivity contribution < 1.29 is 23.9 Å². The van der Waals surface area contributed by atoms with Crippen LogP contribution < -0.4 is 19.7 Å². The summed E-state index contributed by atoms with van der Waals surface area (Å²) in [7, 11) is 1.51. The number of methoxy groups -OCH3 is 1. The first-order chi connectivity index (χ1) is 14.0. The van der Waals surface area contributed by atoms with Crippen molar-refractivity contribution in [3.8, 4) is 11.5 Å². The summed E-state index contributed by atoms with van der Waals surface area (Å²) < 4.78 is 10.8. The van der Waals surface area contributed by atoms with Gasteiger partial charge in [-0.05, 0) is 30.3 Å². The topological polar surface area (TPSA) is 84.9 Å². The summed E-state index contributed by atoms with van der Waals surface area (Å²) in [5.41, 5.74) is 0.394. The van der Waals surface area contributed by atoms with E-state index in [9.17, 15) is 14.4 Å². The Hall–Kier alpha value is -3.58. The summed E-state index contributed by atoms with van der Waals surface area (Å²) in [6.45, 7) is 3.82. The van der Waals surface area contributed by atoms with Crippen molar-refractivity contribution in [3.05, 3.63) is 71.3 Å². The number of nitrogens with one attached hydrogen (secondary N) is 1. The number of carbonyl (C=O) groups is 3. The molecule has 2 aromatic rings. The number of ether oxygens (including phenoxy) is 2. The molecule has 0 aromatic heterocycles. The van der Waals surface area contributed by atoms with Crippen molar-refractivity contribution in [1.82, 2.24) is 5.32 Å². The van der Waals surface area contributed by atoms with E-state index in [4.69, 9.17) is 21.1 Å². The Morgan fingerprint density at radius 3 is 2.62 bits per heavy atom. The zero-order valence-electron chi connectivity index (χ0n) is 15.5. The van der Waals surface area contributed by atoms with E-state index in [1.165, 1.54) is 19.3 Å². The molecule has 3 rings (SSSR count). The van der Waals surface area contributed by atoms with Crippen LogP contribution in [0.2, 0.25) is 5.02 Å². The molecule has 29 heavy (non-hydrogen) atoms. The number of rotatable bonds is 6. The van der Waals surface area contributed by atoms with Gasteiger partial charge in [0.05, 0.1) is 17.8 Å². The monoisotopic (exact) mass is 412 g/mol. The number of para-hydroxylation sites is 1. The molecule has 0 aliphatic carbocycles. The Morgan fingerprint density at radius 1 is 1.17 bits per heavy atom. The van der Waals surface area contributed by atoms with Gasteiger partial charge >= 0.3 is 6.03 Å². The number of urea groups is 1. The highest BCUT2D eigenvalue weighted by molar-refractivity contribution is 6.42. The van der Waals surface area contributed by atoms with Gasteiger partial charge in [-0.15, -0.1) is 0 Å². The van der Waals surface area contributed by atoms with Crippen LogP contribution in [0.4, 0.5) is 10.5 Å². The van der Waals surface area contributed by atoms with E-state index in [1.54, 1.807) is 42.5 Å². The summed E-state index contributed by atoms with van der Waals surface area (Å²) in [6, 6.07) is 10.4. The molecule has 1 fully saturated rings. The first-order valence-electron chi connectivity index (χ1n) is 8.54. The molecule has 1 aliphatic heterocycles. The Bertz CT molecular complexity index is 1030. The predicted octanol–water partition coefficient (Wildman–Crippen LogP) is 3.58. The maximum Gasteiger partial charge on any atom is 0.335 e. The maximum atomic E-state index is 13.0. The molecule has 0 atom stereocenters. The number of imide groups is 2. The minimum atomic E-state index is -0.872. The number of carbonyl (C=O) groups excluding carboxylic acids is 3. The van der Waals surface area contributed by atoms with Gasteiger partial charge in [-0.25, -0.2) is 9.69 Å². The van der Waals surface area contributed by atoms with Crippen molar-refractivity contribution in [2.75, 3.05) is 18.6 Å². The Labute approximate surface area is 172 Å². The number of amides is 4. The second-order valence-corrected chi connectivity index (χ2v) is 6.32. The fourth-order valence-corrected chi connectivity index (χ4v) is 2.92. The first kappa shape index (κ1) is 20.2. The van der Waals surface area contributed by atoms with E-state index in [0.717, 1.165) is 4.90 Å². The molecule has 1 aliphatic rings. The lowest BCUT2D eigenvalue weighted by Gasteiger charge is -2.27. The van der Waals surface area contributed by atoms with E-state index in [0.29, 0.717) is 17.1 Å². The van der Waals surface area contributed by atoms with Crippen LogP contribution in [0, 0.1) is 0 Å². The van der Waals surface area contributed by atoms with Crippen molar-refractivity contribution in [2.24, 2.45) is 0 Å². The largest absolute Gasteiger partial charge is 0.497 e. The highest BCUT2D eigenvalue weighted by atomic mass is 35.5. The number of benzene rings is 2. The van der Waals surface area contributed by atoms with E-state index >= 15 is 0 Å². The SMILES string of the molecule is C=CCOc1cc(OC)ccc1/C=C1\C(=O)NC(=O)N(c2ccccc2Cl)C1=O. The molecule has 148 valence electrons. The number of hydrogen-bond acceptors (Lipinski definition) is 5. The summed E-state index contributed by atoms with van der Waals surface area (Å²) in [4.78, 5) is 38.5. The van der Waals surface area contributed by atoms with Gasteiger partial charge in [0.25, 0.3) is 11.8 Å². The minimum absolute atomic E-state index is 0.174. The summed E-state index contributed by atoms with van der Waals surface area (Å²) in [6.07, 6.45) is 2.92. The van der Waals surface area contributed by atoms with Crippen LogP contribution in [-0.2, 0) is 9.59 Å². The summed E-state index contributed by atoms with van der Waals surface area (Å²) in [5.74, 6) is -0.678. The van der Waals surface area contributed by atoms with Crippen molar-refractivity contribution in [3.63, 3.8) is 0 Å². The predicted molar refractivity (Wildman–Crippen MR) is 109 cm³/mol. The molecule has 2 aromatic carbocycles. The third-order valence-electron chi connectivity index (χ3n) is 4.07. The third-order valence-corrected chi connectivity index (χ3v) is 4.39. The fraction of sp³-hybridized carbons (Fsp3) is 0.0952. The number of nitrogens with zero attached hydrogens (tertiary/aromatic N) is 1. The molecule has 0 radical (unpaired) electrons. The van der Waals surface area contributed by atoms with Gasteiger partial charge in [0.15, 0.2) is 0 Å². The van der Waals surface area contributed by atoms with Crippen LogP contribution in [0.15, 0.2) is 60.7 Å². The smallest absolute Gasteiger partial charge is 0.335 e. The highest BCUT2D eigenvalue weighted by Crippen LogP contribution is 2.31. The molecule has 1 saturated heterocycles. The second-order valence-electron chi connectivity index (χ2n) is 5.91. The molecular formula is C21H17ClN2O5. The summed E-state index contributed by atoms with van der Waals surface area (Å²) >= 11 is 6.13. The van der Waals surface area contributed by atoms with E-state index in [2.05, 4.69) is 11.9 Å². The third kappa shape index (κ3) is 4.14. The van der Waals surface area contributed by atoms with Gasteiger partial charge in [0.1, 0.15) is 23.7 Å². The minimum Gasteiger partial charge on any atom is -0.497 e. The molecule has 4 amide bonds. The average molecular weight is 413 g/mol.